The Hall–Kier alpha value is -2.71. The highest BCUT2D eigenvalue weighted by molar-refractivity contribution is 7.89. The van der Waals surface area contributed by atoms with E-state index in [2.05, 4.69) is 11.4 Å². The van der Waals surface area contributed by atoms with Gasteiger partial charge in [-0.25, -0.2) is 8.42 Å². The van der Waals surface area contributed by atoms with Gasteiger partial charge >= 0.3 is 0 Å². The molecule has 0 atom stereocenters. The minimum atomic E-state index is -3.66. The summed E-state index contributed by atoms with van der Waals surface area (Å²) >= 11 is 0. The first-order valence-electron chi connectivity index (χ1n) is 10.1. The van der Waals surface area contributed by atoms with Crippen LogP contribution in [0, 0.1) is 0 Å². The molecule has 0 aromatic heterocycles. The lowest BCUT2D eigenvalue weighted by Crippen LogP contribution is -2.49. The number of piperazine rings is 1. The van der Waals surface area contributed by atoms with Crippen molar-refractivity contribution in [1.29, 1.82) is 0 Å². The average molecular weight is 428 g/mol. The highest BCUT2D eigenvalue weighted by Crippen LogP contribution is 2.25. The molecule has 0 radical (unpaired) electrons. The SMILES string of the molecule is CC(=O)N1CCN(S(=O)(=O)c2ccc(C(=O)Nc3ccc4c(c3)CCC4)cc2)CC1. The Morgan fingerprint density at radius 2 is 1.57 bits per heavy atom. The van der Waals surface area contributed by atoms with Gasteiger partial charge in [-0.2, -0.15) is 4.31 Å². The zero-order chi connectivity index (χ0) is 21.3. The summed E-state index contributed by atoms with van der Waals surface area (Å²) in [5, 5.41) is 2.89. The number of nitrogens with one attached hydrogen (secondary N) is 1. The molecular weight excluding hydrogens is 402 g/mol. The lowest BCUT2D eigenvalue weighted by molar-refractivity contribution is -0.129. The van der Waals surface area contributed by atoms with Crippen LogP contribution in [0.15, 0.2) is 47.4 Å². The molecule has 1 N–H and O–H groups in total. The van der Waals surface area contributed by atoms with Crippen molar-refractivity contribution in [1.82, 2.24) is 9.21 Å². The van der Waals surface area contributed by atoms with Crippen LogP contribution < -0.4 is 5.32 Å². The molecule has 0 unspecified atom stereocenters. The molecule has 1 heterocycles. The van der Waals surface area contributed by atoms with Crippen LogP contribution in [0.5, 0.6) is 0 Å². The third-order valence-corrected chi connectivity index (χ3v) is 7.71. The van der Waals surface area contributed by atoms with Gasteiger partial charge in [0.1, 0.15) is 0 Å². The highest BCUT2D eigenvalue weighted by Gasteiger charge is 2.29. The summed E-state index contributed by atoms with van der Waals surface area (Å²) in [4.78, 5) is 25.8. The first-order chi connectivity index (χ1) is 14.3. The topological polar surface area (TPSA) is 86.8 Å². The lowest BCUT2D eigenvalue weighted by atomic mass is 10.1. The summed E-state index contributed by atoms with van der Waals surface area (Å²) in [7, 11) is -3.66. The number of aryl methyl sites for hydroxylation is 2. The molecule has 1 aliphatic carbocycles. The summed E-state index contributed by atoms with van der Waals surface area (Å²) in [6.45, 7) is 2.79. The van der Waals surface area contributed by atoms with Gasteiger partial charge in [0.25, 0.3) is 5.91 Å². The smallest absolute Gasteiger partial charge is 0.255 e. The minimum absolute atomic E-state index is 0.0502. The molecule has 2 aliphatic rings. The van der Waals surface area contributed by atoms with Crippen molar-refractivity contribution >= 4 is 27.5 Å². The number of carbonyl (C=O) groups is 2. The monoisotopic (exact) mass is 427 g/mol. The van der Waals surface area contributed by atoms with Crippen molar-refractivity contribution in [3.8, 4) is 0 Å². The van der Waals surface area contributed by atoms with E-state index in [4.69, 9.17) is 0 Å². The van der Waals surface area contributed by atoms with Gasteiger partial charge in [-0.1, -0.05) is 6.07 Å². The Bertz CT molecular complexity index is 1070. The molecule has 0 bridgehead atoms. The van der Waals surface area contributed by atoms with Crippen LogP contribution in [0.4, 0.5) is 5.69 Å². The number of sulfonamides is 1. The number of amides is 2. The molecule has 1 aliphatic heterocycles. The van der Waals surface area contributed by atoms with E-state index in [-0.39, 0.29) is 29.8 Å². The summed E-state index contributed by atoms with van der Waals surface area (Å²) in [5.41, 5.74) is 3.77. The van der Waals surface area contributed by atoms with Crippen LogP contribution in [-0.4, -0.2) is 55.6 Å². The zero-order valence-corrected chi connectivity index (χ0v) is 17.7. The fourth-order valence-corrected chi connectivity index (χ4v) is 5.45. The zero-order valence-electron chi connectivity index (χ0n) is 16.9. The Morgan fingerprint density at radius 3 is 2.23 bits per heavy atom. The third kappa shape index (κ3) is 4.11. The molecule has 30 heavy (non-hydrogen) atoms. The summed E-state index contributed by atoms with van der Waals surface area (Å²) in [6, 6.07) is 12.0. The number of anilines is 1. The second kappa shape index (κ2) is 8.20. The molecule has 158 valence electrons. The molecule has 0 saturated carbocycles. The molecule has 2 aromatic rings. The van der Waals surface area contributed by atoms with Crippen molar-refractivity contribution < 1.29 is 18.0 Å². The maximum atomic E-state index is 12.9. The predicted molar refractivity (Wildman–Crippen MR) is 114 cm³/mol. The summed E-state index contributed by atoms with van der Waals surface area (Å²) in [6.07, 6.45) is 3.27. The first kappa shape index (κ1) is 20.6. The number of fused-ring (bicyclic) bond motifs is 1. The van der Waals surface area contributed by atoms with Gasteiger partial charge in [-0.05, 0) is 66.8 Å². The van der Waals surface area contributed by atoms with Crippen molar-refractivity contribution in [2.45, 2.75) is 31.1 Å². The number of nitrogens with zero attached hydrogens (tertiary/aromatic N) is 2. The van der Waals surface area contributed by atoms with E-state index in [9.17, 15) is 18.0 Å². The van der Waals surface area contributed by atoms with Crippen LogP contribution in [0.25, 0.3) is 0 Å². The van der Waals surface area contributed by atoms with E-state index >= 15 is 0 Å². The van der Waals surface area contributed by atoms with Crippen LogP contribution in [-0.2, 0) is 27.7 Å². The second-order valence-corrected chi connectivity index (χ2v) is 9.66. The molecular formula is C22H25N3O4S. The van der Waals surface area contributed by atoms with E-state index < -0.39 is 10.0 Å². The predicted octanol–water partition coefficient (Wildman–Crippen LogP) is 2.28. The van der Waals surface area contributed by atoms with E-state index in [1.54, 1.807) is 4.90 Å². The Morgan fingerprint density at radius 1 is 0.900 bits per heavy atom. The van der Waals surface area contributed by atoms with Gasteiger partial charge in [0, 0.05) is 44.4 Å². The van der Waals surface area contributed by atoms with Crippen LogP contribution in [0.3, 0.4) is 0 Å². The second-order valence-electron chi connectivity index (χ2n) is 7.73. The van der Waals surface area contributed by atoms with Crippen molar-refractivity contribution in [3.05, 3.63) is 59.2 Å². The van der Waals surface area contributed by atoms with E-state index in [0.717, 1.165) is 24.9 Å². The summed E-state index contributed by atoms with van der Waals surface area (Å²) < 4.78 is 27.1. The van der Waals surface area contributed by atoms with Crippen LogP contribution in [0.2, 0.25) is 0 Å². The largest absolute Gasteiger partial charge is 0.340 e. The fourth-order valence-electron chi connectivity index (χ4n) is 4.02. The first-order valence-corrected chi connectivity index (χ1v) is 11.6. The van der Waals surface area contributed by atoms with Gasteiger partial charge in [-0.15, -0.1) is 0 Å². The van der Waals surface area contributed by atoms with E-state index in [0.29, 0.717) is 18.7 Å². The Kier molecular flexibility index (Phi) is 5.62. The standard InChI is InChI=1S/C22H25N3O4S/c1-16(26)24-11-13-25(14-12-24)30(28,29)21-9-6-18(7-10-21)22(27)23-20-8-5-17-3-2-4-19(17)15-20/h5-10,15H,2-4,11-14H2,1H3,(H,23,27). The minimum Gasteiger partial charge on any atom is -0.340 e. The Labute approximate surface area is 176 Å². The number of carbonyl (C=O) groups excluding carboxylic acids is 2. The third-order valence-electron chi connectivity index (χ3n) is 5.79. The van der Waals surface area contributed by atoms with Gasteiger partial charge in [0.2, 0.25) is 15.9 Å². The average Bonchev–Trinajstić information content (AvgIpc) is 3.22. The molecule has 0 spiro atoms. The molecule has 1 saturated heterocycles. The lowest BCUT2D eigenvalue weighted by Gasteiger charge is -2.33. The summed E-state index contributed by atoms with van der Waals surface area (Å²) in [5.74, 6) is -0.322. The molecule has 8 heteroatoms. The Balaban J connectivity index is 1.43. The van der Waals surface area contributed by atoms with Gasteiger partial charge in [-0.3, -0.25) is 9.59 Å². The number of rotatable bonds is 4. The molecule has 4 rings (SSSR count). The van der Waals surface area contributed by atoms with Crippen molar-refractivity contribution in [3.63, 3.8) is 0 Å². The van der Waals surface area contributed by atoms with Crippen LogP contribution in [0.1, 0.15) is 34.8 Å². The van der Waals surface area contributed by atoms with Crippen molar-refractivity contribution in [2.75, 3.05) is 31.5 Å². The fraction of sp³-hybridized carbons (Fsp3) is 0.364. The molecule has 1 fully saturated rings. The highest BCUT2D eigenvalue weighted by atomic mass is 32.2. The quantitative estimate of drug-likeness (QED) is 0.811. The maximum absolute atomic E-state index is 12.9. The van der Waals surface area contributed by atoms with E-state index in [1.807, 2.05) is 12.1 Å². The number of benzene rings is 2. The number of hydrogen-bond acceptors (Lipinski definition) is 4. The normalized spacial score (nSPS) is 16.9. The molecule has 2 aromatic carbocycles. The molecule has 7 nitrogen and oxygen atoms in total. The molecule has 2 amide bonds. The number of hydrogen-bond donors (Lipinski definition) is 1. The van der Waals surface area contributed by atoms with Gasteiger partial charge < -0.3 is 10.2 Å². The maximum Gasteiger partial charge on any atom is 0.255 e. The van der Waals surface area contributed by atoms with Gasteiger partial charge in [0.15, 0.2) is 0 Å². The van der Waals surface area contributed by atoms with Gasteiger partial charge in [0.05, 0.1) is 4.90 Å². The van der Waals surface area contributed by atoms with Crippen molar-refractivity contribution in [2.24, 2.45) is 0 Å². The van der Waals surface area contributed by atoms with Crippen LogP contribution >= 0.6 is 0 Å². The van der Waals surface area contributed by atoms with E-state index in [1.165, 1.54) is 46.6 Å².